The lowest BCUT2D eigenvalue weighted by molar-refractivity contribution is -0.143. The monoisotopic (exact) mass is 332 g/mol. The summed E-state index contributed by atoms with van der Waals surface area (Å²) in [5.74, 6) is 3.13. The Morgan fingerprint density at radius 2 is 1.46 bits per heavy atom. The normalized spacial score (nSPS) is 36.7. The van der Waals surface area contributed by atoms with E-state index in [1.807, 2.05) is 6.92 Å². The molecule has 0 radical (unpaired) electrons. The second kappa shape index (κ2) is 8.15. The molecule has 136 valence electrons. The Morgan fingerprint density at radius 1 is 0.917 bits per heavy atom. The predicted octanol–water partition coefficient (Wildman–Crippen LogP) is 5.58. The van der Waals surface area contributed by atoms with E-state index in [2.05, 4.69) is 6.92 Å². The number of ketones is 2. The Kier molecular flexibility index (Phi) is 6.16. The van der Waals surface area contributed by atoms with Gasteiger partial charge in [-0.15, -0.1) is 0 Å². The van der Waals surface area contributed by atoms with Crippen LogP contribution < -0.4 is 0 Å². The molecule has 3 rings (SSSR count). The minimum absolute atomic E-state index is 0.105. The number of Topliss-reactive ketones (excluding diaryl/α,β-unsaturated/α-hetero) is 2. The van der Waals surface area contributed by atoms with Crippen LogP contribution in [0.15, 0.2) is 0 Å². The van der Waals surface area contributed by atoms with Crippen LogP contribution in [0.4, 0.5) is 0 Å². The molecule has 24 heavy (non-hydrogen) atoms. The maximum Gasteiger partial charge on any atom is 0.136 e. The van der Waals surface area contributed by atoms with Crippen molar-refractivity contribution >= 4 is 11.6 Å². The van der Waals surface area contributed by atoms with E-state index < -0.39 is 0 Å². The van der Waals surface area contributed by atoms with Crippen LogP contribution in [0.2, 0.25) is 0 Å². The van der Waals surface area contributed by atoms with E-state index in [4.69, 9.17) is 0 Å². The molecule has 0 spiro atoms. The number of hydrogen-bond acceptors (Lipinski definition) is 2. The first-order valence-corrected chi connectivity index (χ1v) is 10.7. The van der Waals surface area contributed by atoms with Gasteiger partial charge in [0.25, 0.3) is 0 Å². The van der Waals surface area contributed by atoms with Crippen LogP contribution in [0.3, 0.4) is 0 Å². The number of carbonyl (C=O) groups is 2. The number of rotatable bonds is 4. The van der Waals surface area contributed by atoms with Gasteiger partial charge in [-0.25, -0.2) is 0 Å². The third-order valence-electron chi connectivity index (χ3n) is 7.57. The van der Waals surface area contributed by atoms with E-state index in [1.165, 1.54) is 64.2 Å². The van der Waals surface area contributed by atoms with E-state index in [9.17, 15) is 9.59 Å². The first-order chi connectivity index (χ1) is 11.6. The van der Waals surface area contributed by atoms with Crippen molar-refractivity contribution in [2.45, 2.75) is 90.9 Å². The van der Waals surface area contributed by atoms with Crippen LogP contribution in [0.1, 0.15) is 90.9 Å². The van der Waals surface area contributed by atoms with Crippen molar-refractivity contribution in [3.63, 3.8) is 0 Å². The van der Waals surface area contributed by atoms with Crippen LogP contribution in [0.5, 0.6) is 0 Å². The average Bonchev–Trinajstić information content (AvgIpc) is 2.64. The Labute approximate surface area is 148 Å². The summed E-state index contributed by atoms with van der Waals surface area (Å²) in [6.07, 6.45) is 14.2. The van der Waals surface area contributed by atoms with Crippen molar-refractivity contribution in [3.05, 3.63) is 0 Å². The lowest BCUT2D eigenvalue weighted by Crippen LogP contribution is -2.49. The summed E-state index contributed by atoms with van der Waals surface area (Å²) in [7, 11) is 0. The standard InChI is InChI=1S/C22H36O2/c1-3-19(23)22-18(16-10-6-4-7-11-16)14-20(24)15(2)21(22)17-12-8-5-9-13-17/h15-18,21-22H,3-14H2,1-2H3. The number of hydrogen-bond donors (Lipinski definition) is 0. The first kappa shape index (κ1) is 18.1. The molecular formula is C22H36O2. The molecule has 0 saturated heterocycles. The smallest absolute Gasteiger partial charge is 0.136 e. The van der Waals surface area contributed by atoms with Gasteiger partial charge in [-0.05, 0) is 23.7 Å². The Bertz CT molecular complexity index is 443. The van der Waals surface area contributed by atoms with Gasteiger partial charge in [0.15, 0.2) is 0 Å². The van der Waals surface area contributed by atoms with E-state index in [-0.39, 0.29) is 11.8 Å². The third-order valence-corrected chi connectivity index (χ3v) is 7.57. The molecule has 0 bridgehead atoms. The van der Waals surface area contributed by atoms with Crippen LogP contribution >= 0.6 is 0 Å². The lowest BCUT2D eigenvalue weighted by atomic mass is 9.55. The van der Waals surface area contributed by atoms with Crippen molar-refractivity contribution in [2.75, 3.05) is 0 Å². The van der Waals surface area contributed by atoms with Crippen molar-refractivity contribution < 1.29 is 9.59 Å². The maximum atomic E-state index is 13.0. The zero-order chi connectivity index (χ0) is 17.1. The highest BCUT2D eigenvalue weighted by Crippen LogP contribution is 2.50. The summed E-state index contributed by atoms with van der Waals surface area (Å²) in [4.78, 5) is 25.9. The molecule has 3 saturated carbocycles. The highest BCUT2D eigenvalue weighted by molar-refractivity contribution is 5.88. The molecule has 3 aliphatic carbocycles. The third kappa shape index (κ3) is 3.63. The highest BCUT2D eigenvalue weighted by Gasteiger charge is 2.49. The molecular weight excluding hydrogens is 296 g/mol. The first-order valence-electron chi connectivity index (χ1n) is 10.7. The molecule has 0 aromatic carbocycles. The maximum absolute atomic E-state index is 13.0. The van der Waals surface area contributed by atoms with Crippen molar-refractivity contribution in [3.8, 4) is 0 Å². The zero-order valence-corrected chi connectivity index (χ0v) is 15.8. The topological polar surface area (TPSA) is 34.1 Å². The summed E-state index contributed by atoms with van der Waals surface area (Å²) in [6, 6.07) is 0. The SMILES string of the molecule is CCC(=O)C1C(C2CCCCC2)CC(=O)C(C)C1C1CCCCC1. The van der Waals surface area contributed by atoms with Crippen molar-refractivity contribution in [1.82, 2.24) is 0 Å². The minimum atomic E-state index is 0.105. The second-order valence-electron chi connectivity index (χ2n) is 8.84. The molecule has 0 N–H and O–H groups in total. The molecule has 0 heterocycles. The van der Waals surface area contributed by atoms with Gasteiger partial charge >= 0.3 is 0 Å². The predicted molar refractivity (Wildman–Crippen MR) is 97.7 cm³/mol. The van der Waals surface area contributed by atoms with Crippen LogP contribution in [-0.4, -0.2) is 11.6 Å². The minimum Gasteiger partial charge on any atom is -0.299 e. The lowest BCUT2D eigenvalue weighted by Gasteiger charge is -2.48. The van der Waals surface area contributed by atoms with E-state index in [0.29, 0.717) is 48.1 Å². The van der Waals surface area contributed by atoms with E-state index in [0.717, 1.165) is 0 Å². The molecule has 3 fully saturated rings. The van der Waals surface area contributed by atoms with Gasteiger partial charge < -0.3 is 0 Å². The molecule has 0 aromatic rings. The van der Waals surface area contributed by atoms with E-state index in [1.54, 1.807) is 0 Å². The van der Waals surface area contributed by atoms with Crippen LogP contribution in [0.25, 0.3) is 0 Å². The largest absolute Gasteiger partial charge is 0.299 e. The number of carbonyl (C=O) groups excluding carboxylic acids is 2. The Hall–Kier alpha value is -0.660. The van der Waals surface area contributed by atoms with Gasteiger partial charge in [0.1, 0.15) is 11.6 Å². The quantitative estimate of drug-likeness (QED) is 0.673. The molecule has 2 nitrogen and oxygen atoms in total. The van der Waals surface area contributed by atoms with Crippen molar-refractivity contribution in [2.24, 2.45) is 35.5 Å². The van der Waals surface area contributed by atoms with Gasteiger partial charge in [0.05, 0.1) is 0 Å². The fourth-order valence-electron chi connectivity index (χ4n) is 6.29. The van der Waals surface area contributed by atoms with Crippen LogP contribution in [-0.2, 0) is 9.59 Å². The van der Waals surface area contributed by atoms with Gasteiger partial charge in [-0.1, -0.05) is 78.1 Å². The highest BCUT2D eigenvalue weighted by atomic mass is 16.1. The summed E-state index contributed by atoms with van der Waals surface area (Å²) in [5.41, 5.74) is 0. The van der Waals surface area contributed by atoms with Gasteiger partial charge in [-0.2, -0.15) is 0 Å². The molecule has 0 amide bonds. The van der Waals surface area contributed by atoms with Gasteiger partial charge in [0.2, 0.25) is 0 Å². The van der Waals surface area contributed by atoms with Crippen LogP contribution in [0, 0.1) is 35.5 Å². The van der Waals surface area contributed by atoms with Crippen molar-refractivity contribution in [1.29, 1.82) is 0 Å². The average molecular weight is 333 g/mol. The van der Waals surface area contributed by atoms with E-state index >= 15 is 0 Å². The fraction of sp³-hybridized carbons (Fsp3) is 0.909. The second-order valence-corrected chi connectivity index (χ2v) is 8.84. The summed E-state index contributed by atoms with van der Waals surface area (Å²) in [5, 5.41) is 0. The summed E-state index contributed by atoms with van der Waals surface area (Å²) >= 11 is 0. The summed E-state index contributed by atoms with van der Waals surface area (Å²) < 4.78 is 0. The zero-order valence-electron chi connectivity index (χ0n) is 15.8. The van der Waals surface area contributed by atoms with Gasteiger partial charge in [-0.3, -0.25) is 9.59 Å². The molecule has 4 unspecified atom stereocenters. The molecule has 2 heteroatoms. The fourth-order valence-corrected chi connectivity index (χ4v) is 6.29. The Morgan fingerprint density at radius 3 is 2.00 bits per heavy atom. The Balaban J connectivity index is 1.89. The molecule has 0 aliphatic heterocycles. The molecule has 0 aromatic heterocycles. The molecule has 3 aliphatic rings. The molecule has 4 atom stereocenters. The summed E-state index contributed by atoms with van der Waals surface area (Å²) in [6.45, 7) is 4.16. The van der Waals surface area contributed by atoms with Gasteiger partial charge in [0, 0.05) is 24.7 Å².